The molecule has 0 aliphatic carbocycles. The van der Waals surface area contributed by atoms with Gasteiger partial charge in [-0.2, -0.15) is 0 Å². The fraction of sp³-hybridized carbons (Fsp3) is 0.400. The van der Waals surface area contributed by atoms with Crippen LogP contribution in [0.15, 0.2) is 42.7 Å². The van der Waals surface area contributed by atoms with Crippen LogP contribution in [-0.2, 0) is 11.3 Å². The van der Waals surface area contributed by atoms with E-state index in [-0.39, 0.29) is 0 Å². The topological polar surface area (TPSA) is 75.1 Å². The molecular weight excluding hydrogens is 346 g/mol. The van der Waals surface area contributed by atoms with Gasteiger partial charge in [0.1, 0.15) is 17.5 Å². The lowest BCUT2D eigenvalue weighted by atomic mass is 10.0. The summed E-state index contributed by atoms with van der Waals surface area (Å²) in [6, 6.07) is 8.53. The first kappa shape index (κ1) is 19.1. The van der Waals surface area contributed by atoms with E-state index in [1.54, 1.807) is 44.8 Å². The Bertz CT molecular complexity index is 761. The van der Waals surface area contributed by atoms with Crippen LogP contribution in [0.5, 0.6) is 11.5 Å². The summed E-state index contributed by atoms with van der Waals surface area (Å²) < 4.78 is 10.7. The smallest absolute Gasteiger partial charge is 0.325 e. The summed E-state index contributed by atoms with van der Waals surface area (Å²) in [5, 5.41) is 9.91. The van der Waals surface area contributed by atoms with Gasteiger partial charge in [-0.3, -0.25) is 19.6 Å². The van der Waals surface area contributed by atoms with Crippen molar-refractivity contribution in [2.75, 3.05) is 40.4 Å². The van der Waals surface area contributed by atoms with Crippen LogP contribution in [0.2, 0.25) is 0 Å². The molecule has 7 heteroatoms. The van der Waals surface area contributed by atoms with Crippen LogP contribution in [0.25, 0.3) is 0 Å². The molecule has 0 bridgehead atoms. The highest BCUT2D eigenvalue weighted by Gasteiger charge is 2.32. The third kappa shape index (κ3) is 4.56. The Morgan fingerprint density at radius 2 is 1.81 bits per heavy atom. The lowest BCUT2D eigenvalue weighted by Gasteiger charge is -2.38. The minimum atomic E-state index is -0.885. The van der Waals surface area contributed by atoms with Gasteiger partial charge in [0.05, 0.1) is 14.2 Å². The molecule has 0 unspecified atom stereocenters. The number of carboxylic acids is 1. The second-order valence-electron chi connectivity index (χ2n) is 6.52. The van der Waals surface area contributed by atoms with Crippen molar-refractivity contribution in [2.24, 2.45) is 0 Å². The van der Waals surface area contributed by atoms with E-state index in [9.17, 15) is 9.90 Å². The van der Waals surface area contributed by atoms with Gasteiger partial charge >= 0.3 is 5.97 Å². The van der Waals surface area contributed by atoms with E-state index in [0.717, 1.165) is 19.6 Å². The highest BCUT2D eigenvalue weighted by molar-refractivity contribution is 5.77. The average Bonchev–Trinajstić information content (AvgIpc) is 2.70. The van der Waals surface area contributed by atoms with Gasteiger partial charge in [0.15, 0.2) is 0 Å². The molecular formula is C20H25N3O4. The molecule has 1 aromatic heterocycles. The Morgan fingerprint density at radius 1 is 1.11 bits per heavy atom. The van der Waals surface area contributed by atoms with Crippen LogP contribution in [0.3, 0.4) is 0 Å². The van der Waals surface area contributed by atoms with E-state index < -0.39 is 12.0 Å². The Morgan fingerprint density at radius 3 is 2.41 bits per heavy atom. The third-order valence-electron chi connectivity index (χ3n) is 4.89. The number of aromatic nitrogens is 1. The summed E-state index contributed by atoms with van der Waals surface area (Å²) in [7, 11) is 3.12. The van der Waals surface area contributed by atoms with Gasteiger partial charge in [0, 0.05) is 50.7 Å². The number of piperazine rings is 1. The van der Waals surface area contributed by atoms with Gasteiger partial charge in [0.2, 0.25) is 0 Å². The minimum Gasteiger partial charge on any atom is -0.497 e. The predicted molar refractivity (Wildman–Crippen MR) is 101 cm³/mol. The van der Waals surface area contributed by atoms with E-state index >= 15 is 0 Å². The van der Waals surface area contributed by atoms with E-state index in [4.69, 9.17) is 9.47 Å². The molecule has 1 atom stereocenters. The van der Waals surface area contributed by atoms with E-state index in [2.05, 4.69) is 9.88 Å². The molecule has 1 aliphatic rings. The molecule has 1 N–H and O–H groups in total. The van der Waals surface area contributed by atoms with Crippen molar-refractivity contribution in [3.8, 4) is 11.5 Å². The maximum Gasteiger partial charge on any atom is 0.325 e. The summed E-state index contributed by atoms with van der Waals surface area (Å²) in [5.41, 5.74) is 1.83. The molecule has 0 spiro atoms. The molecule has 1 fully saturated rings. The number of carboxylic acid groups (broad SMARTS) is 1. The first-order valence-electron chi connectivity index (χ1n) is 8.92. The average molecular weight is 371 g/mol. The highest BCUT2D eigenvalue weighted by Crippen LogP contribution is 2.33. The van der Waals surface area contributed by atoms with Crippen molar-refractivity contribution >= 4 is 5.97 Å². The number of hydrogen-bond donors (Lipinski definition) is 1. The molecule has 0 amide bonds. The Balaban J connectivity index is 1.73. The van der Waals surface area contributed by atoms with Gasteiger partial charge in [-0.15, -0.1) is 0 Å². The quantitative estimate of drug-likeness (QED) is 0.798. The Hall–Kier alpha value is -2.64. The van der Waals surface area contributed by atoms with Crippen LogP contribution in [0.1, 0.15) is 17.2 Å². The zero-order valence-corrected chi connectivity index (χ0v) is 15.7. The number of benzene rings is 1. The zero-order valence-electron chi connectivity index (χ0n) is 15.7. The van der Waals surface area contributed by atoms with Crippen LogP contribution < -0.4 is 9.47 Å². The van der Waals surface area contributed by atoms with Crippen molar-refractivity contribution in [1.82, 2.24) is 14.8 Å². The van der Waals surface area contributed by atoms with Gasteiger partial charge in [-0.1, -0.05) is 0 Å². The largest absolute Gasteiger partial charge is 0.497 e. The monoisotopic (exact) mass is 371 g/mol. The molecule has 0 saturated carbocycles. The molecule has 2 heterocycles. The molecule has 0 radical (unpaired) electrons. The van der Waals surface area contributed by atoms with E-state index in [1.807, 2.05) is 17.0 Å². The summed E-state index contributed by atoms with van der Waals surface area (Å²) in [5.74, 6) is 0.292. The number of rotatable bonds is 7. The molecule has 1 saturated heterocycles. The van der Waals surface area contributed by atoms with Gasteiger partial charge < -0.3 is 14.6 Å². The number of carbonyl (C=O) groups is 1. The molecule has 1 aromatic carbocycles. The van der Waals surface area contributed by atoms with Crippen molar-refractivity contribution in [1.29, 1.82) is 0 Å². The second-order valence-corrected chi connectivity index (χ2v) is 6.52. The third-order valence-corrected chi connectivity index (χ3v) is 4.89. The summed E-state index contributed by atoms with van der Waals surface area (Å²) in [6.45, 7) is 3.79. The molecule has 2 aromatic rings. The standard InChI is InChI=1S/C20H25N3O4/c1-26-16-3-4-18(27-2)17(13-16)19(20(24)25)23-11-9-22(10-12-23)14-15-5-7-21-8-6-15/h3-8,13,19H,9-12,14H2,1-2H3,(H,24,25)/t19-/m0/s1. The summed E-state index contributed by atoms with van der Waals surface area (Å²) in [6.07, 6.45) is 3.59. The van der Waals surface area contributed by atoms with Gasteiger partial charge in [-0.05, 0) is 35.9 Å². The lowest BCUT2D eigenvalue weighted by molar-refractivity contribution is -0.144. The Labute approximate surface area is 159 Å². The molecule has 1 aliphatic heterocycles. The van der Waals surface area contributed by atoms with Crippen LogP contribution >= 0.6 is 0 Å². The normalized spacial score (nSPS) is 16.7. The number of hydrogen-bond acceptors (Lipinski definition) is 6. The minimum absolute atomic E-state index is 0.558. The number of methoxy groups -OCH3 is 2. The molecule has 144 valence electrons. The van der Waals surface area contributed by atoms with Gasteiger partial charge in [-0.25, -0.2) is 0 Å². The SMILES string of the molecule is COc1ccc(OC)c([C@@H](C(=O)O)N2CCN(Cc3ccncc3)CC2)c1. The van der Waals surface area contributed by atoms with E-state index in [1.165, 1.54) is 5.56 Å². The number of nitrogens with zero attached hydrogens (tertiary/aromatic N) is 3. The van der Waals surface area contributed by atoms with E-state index in [0.29, 0.717) is 30.2 Å². The zero-order chi connectivity index (χ0) is 19.2. The van der Waals surface area contributed by atoms with Crippen LogP contribution in [-0.4, -0.2) is 66.3 Å². The van der Waals surface area contributed by atoms with Crippen LogP contribution in [0.4, 0.5) is 0 Å². The molecule has 7 nitrogen and oxygen atoms in total. The maximum absolute atomic E-state index is 12.1. The summed E-state index contributed by atoms with van der Waals surface area (Å²) >= 11 is 0. The van der Waals surface area contributed by atoms with Crippen molar-refractivity contribution in [3.05, 3.63) is 53.9 Å². The van der Waals surface area contributed by atoms with Crippen molar-refractivity contribution < 1.29 is 19.4 Å². The number of pyridine rings is 1. The fourth-order valence-electron chi connectivity index (χ4n) is 3.47. The van der Waals surface area contributed by atoms with Crippen molar-refractivity contribution in [2.45, 2.75) is 12.6 Å². The van der Waals surface area contributed by atoms with Crippen molar-refractivity contribution in [3.63, 3.8) is 0 Å². The molecule has 3 rings (SSSR count). The summed E-state index contributed by atoms with van der Waals surface area (Å²) in [4.78, 5) is 20.4. The lowest BCUT2D eigenvalue weighted by Crippen LogP contribution is -2.48. The first-order valence-corrected chi connectivity index (χ1v) is 8.92. The fourth-order valence-corrected chi connectivity index (χ4v) is 3.47. The maximum atomic E-state index is 12.1. The first-order chi connectivity index (χ1) is 13.1. The second kappa shape index (κ2) is 8.83. The highest BCUT2D eigenvalue weighted by atomic mass is 16.5. The number of ether oxygens (including phenoxy) is 2. The Kier molecular flexibility index (Phi) is 6.26. The van der Waals surface area contributed by atoms with Gasteiger partial charge in [0.25, 0.3) is 0 Å². The molecule has 27 heavy (non-hydrogen) atoms. The van der Waals surface area contributed by atoms with Crippen LogP contribution in [0, 0.1) is 0 Å². The number of aliphatic carboxylic acids is 1. The predicted octanol–water partition coefficient (Wildman–Crippen LogP) is 2.04.